The molecule has 2 rings (SSSR count). The van der Waals surface area contributed by atoms with Crippen LogP contribution in [0.25, 0.3) is 10.2 Å². The molecule has 2 nitrogen and oxygen atoms in total. The third-order valence-corrected chi connectivity index (χ3v) is 4.33. The van der Waals surface area contributed by atoms with E-state index in [0.29, 0.717) is 0 Å². The molecular weight excluding hydrogens is 182 g/mol. The van der Waals surface area contributed by atoms with Crippen molar-refractivity contribution in [3.63, 3.8) is 0 Å². The monoisotopic (exact) mass is 194 g/mol. The number of fused-ring (bicyclic) bond motifs is 1. The second kappa shape index (κ2) is 3.44. The summed E-state index contributed by atoms with van der Waals surface area (Å²) in [6.07, 6.45) is 0. The van der Waals surface area contributed by atoms with Gasteiger partial charge in [-0.2, -0.15) is 4.98 Å². The average molecular weight is 194 g/mol. The molecule has 1 unspecified atom stereocenters. The summed E-state index contributed by atoms with van der Waals surface area (Å²) in [4.78, 5) is 4.47. The van der Waals surface area contributed by atoms with E-state index in [1.165, 1.54) is 4.70 Å². The Hall–Kier alpha value is -0.930. The summed E-state index contributed by atoms with van der Waals surface area (Å²) in [7, 11) is 0.0530. The molecule has 0 saturated carbocycles. The molecule has 0 fully saturated rings. The van der Waals surface area contributed by atoms with Gasteiger partial charge in [0.1, 0.15) is 5.52 Å². The van der Waals surface area contributed by atoms with E-state index in [9.17, 15) is 0 Å². The molecule has 1 atom stereocenters. The van der Waals surface area contributed by atoms with E-state index < -0.39 is 0 Å². The van der Waals surface area contributed by atoms with Gasteiger partial charge in [0.15, 0.2) is 5.75 Å². The van der Waals surface area contributed by atoms with Crippen molar-refractivity contribution in [2.45, 2.75) is 12.7 Å². The number of thiazole rings is 1. The molecule has 68 valence electrons. The third-order valence-electron chi connectivity index (χ3n) is 2.06. The maximum absolute atomic E-state index is 8.92. The van der Waals surface area contributed by atoms with Crippen LogP contribution in [0, 0.1) is 6.92 Å². The zero-order chi connectivity index (χ0) is 9.26. The zero-order valence-corrected chi connectivity index (χ0v) is 8.34. The van der Waals surface area contributed by atoms with Crippen molar-refractivity contribution in [2.24, 2.45) is 0 Å². The van der Waals surface area contributed by atoms with Gasteiger partial charge in [0.05, 0.1) is 6.61 Å². The Kier molecular flexibility index (Phi) is 2.29. The van der Waals surface area contributed by atoms with Crippen molar-refractivity contribution in [2.75, 3.05) is 6.61 Å². The van der Waals surface area contributed by atoms with E-state index in [-0.39, 0.29) is 17.1 Å². The van der Waals surface area contributed by atoms with Crippen LogP contribution in [0.2, 0.25) is 0 Å². The normalized spacial score (nSPS) is 12.3. The molecule has 0 aliphatic carbocycles. The Balaban J connectivity index is 2.64. The number of aliphatic hydroxyl groups is 1. The summed E-state index contributed by atoms with van der Waals surface area (Å²) in [5.74, 6) is 0.812. The largest absolute Gasteiger partial charge is 0.391 e. The Morgan fingerprint density at radius 3 is 2.92 bits per heavy atom. The molecule has 0 aliphatic heterocycles. The highest BCUT2D eigenvalue weighted by atomic mass is 32.2. The van der Waals surface area contributed by atoms with Crippen LogP contribution in [0.5, 0.6) is 0 Å². The van der Waals surface area contributed by atoms with Crippen molar-refractivity contribution < 1.29 is 5.11 Å². The fourth-order valence-electron chi connectivity index (χ4n) is 1.49. The lowest BCUT2D eigenvalue weighted by Gasteiger charge is -1.86. The minimum Gasteiger partial charge on any atom is -0.391 e. The van der Waals surface area contributed by atoms with Gasteiger partial charge >= 0.3 is 0 Å². The summed E-state index contributed by atoms with van der Waals surface area (Å²) < 4.78 is 1.29. The maximum Gasteiger partial charge on any atom is 0.240 e. The predicted octanol–water partition coefficient (Wildman–Crippen LogP) is 2.28. The Labute approximate surface area is 79.8 Å². The molecular formula is C10H12NOS+. The standard InChI is InChI=1S/C10H12NOS/c1-8-11-9-4-2-3-5-10(9)13(8)7-6-12/h2-5,12H,6-7H2,1H3/q+1. The minimum atomic E-state index is 0.0530. The van der Waals surface area contributed by atoms with Crippen LogP contribution in [-0.4, -0.2) is 16.7 Å². The molecule has 0 bridgehead atoms. The highest BCUT2D eigenvalue weighted by molar-refractivity contribution is 7.36. The number of hydrogen-bond donors (Lipinski definition) is 1. The molecule has 13 heavy (non-hydrogen) atoms. The highest BCUT2D eigenvalue weighted by Gasteiger charge is 2.17. The fourth-order valence-corrected chi connectivity index (χ4v) is 3.32. The molecule has 0 amide bonds. The summed E-state index contributed by atoms with van der Waals surface area (Å²) in [6.45, 7) is 2.28. The first-order valence-electron chi connectivity index (χ1n) is 4.29. The topological polar surface area (TPSA) is 33.1 Å². The SMILES string of the molecule is Cc1nc2ccccc2[s+]1CCO. The van der Waals surface area contributed by atoms with Crippen LogP contribution < -0.4 is 0 Å². The number of aromatic nitrogens is 1. The van der Waals surface area contributed by atoms with Gasteiger partial charge in [0.25, 0.3) is 0 Å². The Morgan fingerprint density at radius 1 is 1.38 bits per heavy atom. The number of aliphatic hydroxyl groups excluding tert-OH is 1. The van der Waals surface area contributed by atoms with Crippen molar-refractivity contribution in [3.8, 4) is 0 Å². The molecule has 0 saturated heterocycles. The lowest BCUT2D eigenvalue weighted by molar-refractivity contribution is 0.310. The van der Waals surface area contributed by atoms with Gasteiger partial charge < -0.3 is 5.11 Å². The zero-order valence-electron chi connectivity index (χ0n) is 7.53. The number of aryl methyl sites for hydroxylation is 1. The highest BCUT2D eigenvalue weighted by Crippen LogP contribution is 2.33. The molecule has 0 radical (unpaired) electrons. The summed E-state index contributed by atoms with van der Waals surface area (Å²) in [5.41, 5.74) is 1.08. The van der Waals surface area contributed by atoms with Gasteiger partial charge in [-0.25, -0.2) is 0 Å². The quantitative estimate of drug-likeness (QED) is 0.744. The van der Waals surface area contributed by atoms with Gasteiger partial charge in [0, 0.05) is 23.5 Å². The molecule has 3 heteroatoms. The van der Waals surface area contributed by atoms with Crippen LogP contribution in [0.4, 0.5) is 0 Å². The van der Waals surface area contributed by atoms with Gasteiger partial charge in [-0.15, -0.1) is 0 Å². The number of benzene rings is 1. The fraction of sp³-hybridized carbons (Fsp3) is 0.300. The molecule has 0 aliphatic rings. The van der Waals surface area contributed by atoms with Gasteiger partial charge in [-0.05, 0) is 6.07 Å². The van der Waals surface area contributed by atoms with Crippen LogP contribution in [-0.2, 0) is 5.75 Å². The van der Waals surface area contributed by atoms with E-state index >= 15 is 0 Å². The summed E-state index contributed by atoms with van der Waals surface area (Å²) in [5, 5.41) is 10.1. The second-order valence-corrected chi connectivity index (χ2v) is 5.14. The smallest absolute Gasteiger partial charge is 0.240 e. The molecule has 1 N–H and O–H groups in total. The van der Waals surface area contributed by atoms with Crippen LogP contribution in [0.3, 0.4) is 0 Å². The van der Waals surface area contributed by atoms with E-state index in [4.69, 9.17) is 5.11 Å². The number of rotatable bonds is 2. The van der Waals surface area contributed by atoms with E-state index in [0.717, 1.165) is 16.3 Å². The van der Waals surface area contributed by atoms with Gasteiger partial charge in [-0.3, -0.25) is 0 Å². The minimum absolute atomic E-state index is 0.0530. The Bertz CT molecular complexity index is 422. The Morgan fingerprint density at radius 2 is 2.15 bits per heavy atom. The molecule has 1 aromatic carbocycles. The number of para-hydroxylation sites is 1. The van der Waals surface area contributed by atoms with Crippen molar-refractivity contribution in [1.82, 2.24) is 4.98 Å². The van der Waals surface area contributed by atoms with Crippen LogP contribution in [0.15, 0.2) is 24.3 Å². The first-order chi connectivity index (χ1) is 6.33. The summed E-state index contributed by atoms with van der Waals surface area (Å²) >= 11 is 0. The van der Waals surface area contributed by atoms with Crippen molar-refractivity contribution >= 4 is 20.7 Å². The lowest BCUT2D eigenvalue weighted by atomic mass is 10.3. The molecule has 1 aromatic heterocycles. The number of hydrogen-bond acceptors (Lipinski definition) is 2. The predicted molar refractivity (Wildman–Crippen MR) is 56.0 cm³/mol. The van der Waals surface area contributed by atoms with Crippen molar-refractivity contribution in [1.29, 1.82) is 0 Å². The maximum atomic E-state index is 8.92. The number of nitrogens with zero attached hydrogens (tertiary/aromatic N) is 1. The lowest BCUT2D eigenvalue weighted by Crippen LogP contribution is -1.82. The molecule has 2 aromatic rings. The van der Waals surface area contributed by atoms with Crippen molar-refractivity contribution in [3.05, 3.63) is 29.3 Å². The van der Waals surface area contributed by atoms with Crippen LogP contribution >= 0.6 is 10.5 Å². The van der Waals surface area contributed by atoms with E-state index in [1.807, 2.05) is 25.1 Å². The van der Waals surface area contributed by atoms with Crippen LogP contribution in [0.1, 0.15) is 5.01 Å². The molecule has 0 spiro atoms. The molecule has 1 heterocycles. The summed E-state index contributed by atoms with van der Waals surface area (Å²) in [6, 6.07) is 8.17. The van der Waals surface area contributed by atoms with E-state index in [1.54, 1.807) is 0 Å². The first-order valence-corrected chi connectivity index (χ1v) is 5.68. The first kappa shape index (κ1) is 8.66. The van der Waals surface area contributed by atoms with Gasteiger partial charge in [0.2, 0.25) is 9.71 Å². The van der Waals surface area contributed by atoms with E-state index in [2.05, 4.69) is 11.1 Å². The van der Waals surface area contributed by atoms with Gasteiger partial charge in [-0.1, -0.05) is 12.1 Å². The second-order valence-electron chi connectivity index (χ2n) is 2.92. The average Bonchev–Trinajstić information content (AvgIpc) is 2.44. The third kappa shape index (κ3) is 1.45.